The Labute approximate surface area is 93.1 Å². The molecule has 1 amide bonds. The van der Waals surface area contributed by atoms with Crippen molar-refractivity contribution in [2.45, 2.75) is 34.6 Å². The zero-order chi connectivity index (χ0) is 12.2. The molecule has 0 aromatic heterocycles. The summed E-state index contributed by atoms with van der Waals surface area (Å²) in [5, 5.41) is 8.92. The first kappa shape index (κ1) is 14.0. The molecule has 0 fully saturated rings. The van der Waals surface area contributed by atoms with Crippen LogP contribution in [0.4, 0.5) is 0 Å². The topological polar surface area (TPSA) is 44.1 Å². The van der Waals surface area contributed by atoms with Gasteiger partial charge in [-0.05, 0) is 11.3 Å². The van der Waals surface area contributed by atoms with Crippen LogP contribution < -0.4 is 0 Å². The van der Waals surface area contributed by atoms with Gasteiger partial charge in [-0.1, -0.05) is 34.6 Å². The normalized spacial score (nSPS) is 13.5. The van der Waals surface area contributed by atoms with E-state index in [-0.39, 0.29) is 17.2 Å². The molecule has 0 saturated carbocycles. The van der Waals surface area contributed by atoms with Crippen LogP contribution in [0.5, 0.6) is 0 Å². The van der Waals surface area contributed by atoms with E-state index in [0.29, 0.717) is 6.54 Å². The first-order valence-electron chi connectivity index (χ1n) is 5.33. The molecule has 0 bridgehead atoms. The molecule has 0 aliphatic heterocycles. The van der Waals surface area contributed by atoms with Crippen molar-refractivity contribution >= 4 is 5.91 Å². The SMILES string of the molecule is CC(C)C(C#N)C(=O)N(C)CC(C)(C)C. The maximum Gasteiger partial charge on any atom is 0.239 e. The molecule has 0 rings (SSSR count). The first-order valence-corrected chi connectivity index (χ1v) is 5.33. The van der Waals surface area contributed by atoms with E-state index in [1.54, 1.807) is 11.9 Å². The number of nitrogens with zero attached hydrogens (tertiary/aromatic N) is 2. The Balaban J connectivity index is 4.51. The second-order valence-electron chi connectivity index (χ2n) is 5.61. The van der Waals surface area contributed by atoms with Crippen LogP contribution in [0.1, 0.15) is 34.6 Å². The minimum atomic E-state index is -0.516. The molecule has 15 heavy (non-hydrogen) atoms. The molecule has 0 aromatic rings. The van der Waals surface area contributed by atoms with Gasteiger partial charge in [-0.3, -0.25) is 4.79 Å². The predicted molar refractivity (Wildman–Crippen MR) is 61.0 cm³/mol. The van der Waals surface area contributed by atoms with E-state index in [1.165, 1.54) is 0 Å². The minimum Gasteiger partial charge on any atom is -0.344 e. The lowest BCUT2D eigenvalue weighted by atomic mass is 9.93. The smallest absolute Gasteiger partial charge is 0.239 e. The van der Waals surface area contributed by atoms with E-state index in [2.05, 4.69) is 26.8 Å². The van der Waals surface area contributed by atoms with Gasteiger partial charge in [-0.25, -0.2) is 0 Å². The maximum atomic E-state index is 11.9. The van der Waals surface area contributed by atoms with Crippen molar-refractivity contribution in [3.05, 3.63) is 0 Å². The average Bonchev–Trinajstić information content (AvgIpc) is 2.01. The van der Waals surface area contributed by atoms with Crippen LogP contribution >= 0.6 is 0 Å². The highest BCUT2D eigenvalue weighted by Gasteiger charge is 2.27. The quantitative estimate of drug-likeness (QED) is 0.717. The van der Waals surface area contributed by atoms with Gasteiger partial charge in [0.2, 0.25) is 5.91 Å². The van der Waals surface area contributed by atoms with Gasteiger partial charge in [0.25, 0.3) is 0 Å². The Morgan fingerprint density at radius 2 is 1.87 bits per heavy atom. The number of hydrogen-bond acceptors (Lipinski definition) is 2. The van der Waals surface area contributed by atoms with Gasteiger partial charge in [0.1, 0.15) is 5.92 Å². The highest BCUT2D eigenvalue weighted by molar-refractivity contribution is 5.81. The molecule has 1 unspecified atom stereocenters. The minimum absolute atomic E-state index is 0.0672. The van der Waals surface area contributed by atoms with Crippen LogP contribution in [0.3, 0.4) is 0 Å². The van der Waals surface area contributed by atoms with Crippen LogP contribution in [-0.2, 0) is 4.79 Å². The summed E-state index contributed by atoms with van der Waals surface area (Å²) < 4.78 is 0. The molecule has 0 aliphatic rings. The van der Waals surface area contributed by atoms with Crippen molar-refractivity contribution in [1.29, 1.82) is 5.26 Å². The third kappa shape index (κ3) is 4.83. The summed E-state index contributed by atoms with van der Waals surface area (Å²) >= 11 is 0. The Hall–Kier alpha value is -1.04. The Kier molecular flexibility index (Phi) is 4.80. The number of rotatable bonds is 3. The fourth-order valence-corrected chi connectivity index (χ4v) is 1.52. The van der Waals surface area contributed by atoms with E-state index < -0.39 is 5.92 Å². The van der Waals surface area contributed by atoms with E-state index in [0.717, 1.165) is 0 Å². The van der Waals surface area contributed by atoms with Gasteiger partial charge in [0, 0.05) is 13.6 Å². The van der Waals surface area contributed by atoms with Crippen molar-refractivity contribution in [2.24, 2.45) is 17.3 Å². The number of carbonyl (C=O) groups excluding carboxylic acids is 1. The van der Waals surface area contributed by atoms with Gasteiger partial charge in [-0.15, -0.1) is 0 Å². The fourth-order valence-electron chi connectivity index (χ4n) is 1.52. The molecule has 86 valence electrons. The highest BCUT2D eigenvalue weighted by Crippen LogP contribution is 2.18. The first-order chi connectivity index (χ1) is 6.69. The molecule has 0 heterocycles. The number of nitriles is 1. The molecule has 0 saturated heterocycles. The summed E-state index contributed by atoms with van der Waals surface area (Å²) in [5.74, 6) is -0.510. The third-order valence-corrected chi connectivity index (χ3v) is 2.16. The summed E-state index contributed by atoms with van der Waals surface area (Å²) in [4.78, 5) is 13.6. The Morgan fingerprint density at radius 1 is 1.40 bits per heavy atom. The van der Waals surface area contributed by atoms with Crippen molar-refractivity contribution in [1.82, 2.24) is 4.90 Å². The summed E-state index contributed by atoms with van der Waals surface area (Å²) in [5.41, 5.74) is 0.0708. The molecular weight excluding hydrogens is 188 g/mol. The van der Waals surface area contributed by atoms with Crippen molar-refractivity contribution in [3.63, 3.8) is 0 Å². The lowest BCUT2D eigenvalue weighted by Crippen LogP contribution is -2.39. The number of hydrogen-bond donors (Lipinski definition) is 0. The largest absolute Gasteiger partial charge is 0.344 e. The van der Waals surface area contributed by atoms with Crippen LogP contribution in [0.2, 0.25) is 0 Å². The van der Waals surface area contributed by atoms with E-state index in [9.17, 15) is 4.79 Å². The van der Waals surface area contributed by atoms with E-state index >= 15 is 0 Å². The standard InChI is InChI=1S/C12H22N2O/c1-9(2)10(7-13)11(15)14(6)8-12(3,4)5/h9-10H,8H2,1-6H3. The lowest BCUT2D eigenvalue weighted by molar-refractivity contribution is -0.134. The summed E-state index contributed by atoms with van der Waals surface area (Å²) in [6.07, 6.45) is 0. The molecule has 0 aromatic carbocycles. The molecule has 0 aliphatic carbocycles. The highest BCUT2D eigenvalue weighted by atomic mass is 16.2. The Bertz CT molecular complexity index is 258. The molecule has 0 spiro atoms. The van der Waals surface area contributed by atoms with Crippen LogP contribution in [-0.4, -0.2) is 24.4 Å². The second kappa shape index (κ2) is 5.16. The van der Waals surface area contributed by atoms with E-state index in [1.807, 2.05) is 13.8 Å². The summed E-state index contributed by atoms with van der Waals surface area (Å²) in [7, 11) is 1.76. The van der Waals surface area contributed by atoms with Gasteiger partial charge < -0.3 is 4.90 Å². The molecular formula is C12H22N2O. The molecule has 0 radical (unpaired) electrons. The predicted octanol–water partition coefficient (Wildman–Crippen LogP) is 2.29. The van der Waals surface area contributed by atoms with Crippen molar-refractivity contribution in [3.8, 4) is 6.07 Å². The number of amides is 1. The maximum absolute atomic E-state index is 11.9. The second-order valence-corrected chi connectivity index (χ2v) is 5.61. The molecule has 3 heteroatoms. The Morgan fingerprint density at radius 3 is 2.13 bits per heavy atom. The van der Waals surface area contributed by atoms with Crippen LogP contribution in [0.15, 0.2) is 0 Å². The van der Waals surface area contributed by atoms with E-state index in [4.69, 9.17) is 5.26 Å². The zero-order valence-electron chi connectivity index (χ0n) is 10.7. The number of carbonyl (C=O) groups is 1. The van der Waals surface area contributed by atoms with Crippen LogP contribution in [0, 0.1) is 28.6 Å². The van der Waals surface area contributed by atoms with Gasteiger partial charge in [0.05, 0.1) is 6.07 Å². The average molecular weight is 210 g/mol. The summed E-state index contributed by atoms with van der Waals surface area (Å²) in [6, 6.07) is 2.08. The van der Waals surface area contributed by atoms with Gasteiger partial charge in [0.15, 0.2) is 0 Å². The lowest BCUT2D eigenvalue weighted by Gasteiger charge is -2.28. The molecule has 0 N–H and O–H groups in total. The monoisotopic (exact) mass is 210 g/mol. The third-order valence-electron chi connectivity index (χ3n) is 2.16. The van der Waals surface area contributed by atoms with Gasteiger partial charge in [-0.2, -0.15) is 5.26 Å². The van der Waals surface area contributed by atoms with Crippen LogP contribution in [0.25, 0.3) is 0 Å². The van der Waals surface area contributed by atoms with Crippen molar-refractivity contribution < 1.29 is 4.79 Å². The van der Waals surface area contributed by atoms with Gasteiger partial charge >= 0.3 is 0 Å². The van der Waals surface area contributed by atoms with Crippen molar-refractivity contribution in [2.75, 3.05) is 13.6 Å². The fraction of sp³-hybridized carbons (Fsp3) is 0.833. The zero-order valence-corrected chi connectivity index (χ0v) is 10.7. The summed E-state index contributed by atoms with van der Waals surface area (Å²) in [6.45, 7) is 10.7. The molecule has 3 nitrogen and oxygen atoms in total. The molecule has 1 atom stereocenters.